The van der Waals surface area contributed by atoms with Crippen LogP contribution in [-0.4, -0.2) is 12.4 Å². The molecule has 0 fully saturated rings. The van der Waals surface area contributed by atoms with Crippen molar-refractivity contribution in [1.29, 1.82) is 0 Å². The first-order valence-electron chi connectivity index (χ1n) is 5.15. The highest BCUT2D eigenvalue weighted by atomic mass is 35.5. The SMILES string of the molecule is CC(C)(CCl)CNCc1cc(F)ccc1Cl. The Kier molecular flexibility index (Phi) is 5.03. The van der Waals surface area contributed by atoms with Gasteiger partial charge in [0, 0.05) is 24.0 Å². The normalized spacial score (nSPS) is 11.8. The molecule has 0 bridgehead atoms. The van der Waals surface area contributed by atoms with Crippen LogP contribution in [0.2, 0.25) is 5.02 Å². The van der Waals surface area contributed by atoms with Crippen molar-refractivity contribution in [2.75, 3.05) is 12.4 Å². The molecule has 0 spiro atoms. The molecule has 16 heavy (non-hydrogen) atoms. The van der Waals surface area contributed by atoms with Gasteiger partial charge in [0.2, 0.25) is 0 Å². The van der Waals surface area contributed by atoms with E-state index in [1.54, 1.807) is 6.07 Å². The van der Waals surface area contributed by atoms with Gasteiger partial charge in [0.05, 0.1) is 0 Å². The molecule has 0 atom stereocenters. The quantitative estimate of drug-likeness (QED) is 0.797. The summed E-state index contributed by atoms with van der Waals surface area (Å²) in [5, 5.41) is 3.81. The summed E-state index contributed by atoms with van der Waals surface area (Å²) >= 11 is 11.8. The Morgan fingerprint density at radius 3 is 2.69 bits per heavy atom. The van der Waals surface area contributed by atoms with Crippen molar-refractivity contribution in [2.24, 2.45) is 5.41 Å². The predicted molar refractivity (Wildman–Crippen MR) is 67.6 cm³/mol. The first-order valence-corrected chi connectivity index (χ1v) is 6.06. The Morgan fingerprint density at radius 1 is 1.38 bits per heavy atom. The van der Waals surface area contributed by atoms with Gasteiger partial charge in [-0.15, -0.1) is 11.6 Å². The molecule has 0 saturated carbocycles. The van der Waals surface area contributed by atoms with Crippen molar-refractivity contribution >= 4 is 23.2 Å². The Bertz CT molecular complexity index is 353. The largest absolute Gasteiger partial charge is 0.312 e. The molecule has 0 radical (unpaired) electrons. The maximum Gasteiger partial charge on any atom is 0.123 e. The fourth-order valence-electron chi connectivity index (χ4n) is 1.26. The standard InChI is InChI=1S/C12H16Cl2FN/c1-12(2,7-13)8-16-6-9-5-10(15)3-4-11(9)14/h3-5,16H,6-8H2,1-2H3. The summed E-state index contributed by atoms with van der Waals surface area (Å²) in [5.74, 6) is 0.314. The summed E-state index contributed by atoms with van der Waals surface area (Å²) in [5.41, 5.74) is 0.800. The van der Waals surface area contributed by atoms with Crippen LogP contribution in [0.4, 0.5) is 4.39 Å². The van der Waals surface area contributed by atoms with Gasteiger partial charge in [-0.3, -0.25) is 0 Å². The highest BCUT2D eigenvalue weighted by Gasteiger charge is 2.15. The third kappa shape index (κ3) is 4.28. The zero-order valence-electron chi connectivity index (χ0n) is 9.49. The molecule has 1 N–H and O–H groups in total. The van der Waals surface area contributed by atoms with E-state index in [0.717, 1.165) is 12.1 Å². The zero-order valence-corrected chi connectivity index (χ0v) is 11.0. The first kappa shape index (κ1) is 13.8. The van der Waals surface area contributed by atoms with Crippen molar-refractivity contribution in [1.82, 2.24) is 5.32 Å². The second-order valence-corrected chi connectivity index (χ2v) is 5.31. The predicted octanol–water partition coefficient (Wildman–Crippen LogP) is 3.83. The third-order valence-corrected chi connectivity index (χ3v) is 3.38. The molecular formula is C12H16Cl2FN. The van der Waals surface area contributed by atoms with E-state index in [2.05, 4.69) is 19.2 Å². The van der Waals surface area contributed by atoms with Crippen LogP contribution in [0, 0.1) is 11.2 Å². The van der Waals surface area contributed by atoms with Crippen molar-refractivity contribution in [3.63, 3.8) is 0 Å². The van der Waals surface area contributed by atoms with Crippen LogP contribution in [0.5, 0.6) is 0 Å². The molecule has 4 heteroatoms. The van der Waals surface area contributed by atoms with Crippen LogP contribution in [0.1, 0.15) is 19.4 Å². The molecular weight excluding hydrogens is 248 g/mol. The van der Waals surface area contributed by atoms with Crippen LogP contribution < -0.4 is 5.32 Å². The van der Waals surface area contributed by atoms with Gasteiger partial charge in [-0.1, -0.05) is 25.4 Å². The first-order chi connectivity index (χ1) is 7.44. The monoisotopic (exact) mass is 263 g/mol. The Morgan fingerprint density at radius 2 is 2.06 bits per heavy atom. The molecule has 0 amide bonds. The molecule has 0 unspecified atom stereocenters. The summed E-state index contributed by atoms with van der Waals surface area (Å²) < 4.78 is 13.0. The number of nitrogens with one attached hydrogen (secondary N) is 1. The number of rotatable bonds is 5. The summed E-state index contributed by atoms with van der Waals surface area (Å²) in [6.45, 7) is 5.46. The fraction of sp³-hybridized carbons (Fsp3) is 0.500. The zero-order chi connectivity index (χ0) is 12.2. The minimum absolute atomic E-state index is 0.0291. The van der Waals surface area contributed by atoms with E-state index in [0.29, 0.717) is 17.4 Å². The Labute approximate surface area is 106 Å². The van der Waals surface area contributed by atoms with Gasteiger partial charge < -0.3 is 5.32 Å². The molecule has 0 saturated heterocycles. The second-order valence-electron chi connectivity index (χ2n) is 4.64. The van der Waals surface area contributed by atoms with Crippen LogP contribution >= 0.6 is 23.2 Å². The van der Waals surface area contributed by atoms with Gasteiger partial charge in [-0.2, -0.15) is 0 Å². The van der Waals surface area contributed by atoms with Gasteiger partial charge in [0.15, 0.2) is 0 Å². The number of alkyl halides is 1. The van der Waals surface area contributed by atoms with Crippen LogP contribution in [0.25, 0.3) is 0 Å². The molecule has 1 rings (SSSR count). The molecule has 0 aliphatic heterocycles. The lowest BCUT2D eigenvalue weighted by atomic mass is 9.96. The van der Waals surface area contributed by atoms with Crippen LogP contribution in [0.3, 0.4) is 0 Å². The summed E-state index contributed by atoms with van der Waals surface area (Å²) in [4.78, 5) is 0. The lowest BCUT2D eigenvalue weighted by molar-refractivity contribution is 0.385. The molecule has 0 heterocycles. The maximum absolute atomic E-state index is 13.0. The Balaban J connectivity index is 2.52. The van der Waals surface area contributed by atoms with E-state index in [9.17, 15) is 4.39 Å². The van der Waals surface area contributed by atoms with Crippen molar-refractivity contribution < 1.29 is 4.39 Å². The van der Waals surface area contributed by atoms with E-state index in [1.165, 1.54) is 12.1 Å². The van der Waals surface area contributed by atoms with E-state index < -0.39 is 0 Å². The highest BCUT2D eigenvalue weighted by Crippen LogP contribution is 2.18. The second kappa shape index (κ2) is 5.85. The summed E-state index contributed by atoms with van der Waals surface area (Å²) in [6, 6.07) is 4.37. The molecule has 0 aliphatic rings. The van der Waals surface area contributed by atoms with E-state index in [-0.39, 0.29) is 11.2 Å². The summed E-state index contributed by atoms with van der Waals surface area (Å²) in [6.07, 6.45) is 0. The van der Waals surface area contributed by atoms with E-state index >= 15 is 0 Å². The molecule has 0 aromatic heterocycles. The van der Waals surface area contributed by atoms with Gasteiger partial charge in [0.1, 0.15) is 5.82 Å². The molecule has 1 nitrogen and oxygen atoms in total. The van der Waals surface area contributed by atoms with E-state index in [1.807, 2.05) is 0 Å². The third-order valence-electron chi connectivity index (χ3n) is 2.29. The molecule has 1 aromatic rings. The van der Waals surface area contributed by atoms with Crippen molar-refractivity contribution in [3.05, 3.63) is 34.6 Å². The van der Waals surface area contributed by atoms with Crippen molar-refractivity contribution in [3.8, 4) is 0 Å². The minimum atomic E-state index is -0.266. The number of benzene rings is 1. The summed E-state index contributed by atoms with van der Waals surface area (Å²) in [7, 11) is 0. The smallest absolute Gasteiger partial charge is 0.123 e. The van der Waals surface area contributed by atoms with Gasteiger partial charge >= 0.3 is 0 Å². The van der Waals surface area contributed by atoms with Crippen LogP contribution in [-0.2, 0) is 6.54 Å². The number of hydrogen-bond donors (Lipinski definition) is 1. The van der Waals surface area contributed by atoms with E-state index in [4.69, 9.17) is 23.2 Å². The van der Waals surface area contributed by atoms with Crippen LogP contribution in [0.15, 0.2) is 18.2 Å². The van der Waals surface area contributed by atoms with Crippen molar-refractivity contribution in [2.45, 2.75) is 20.4 Å². The maximum atomic E-state index is 13.0. The fourth-order valence-corrected chi connectivity index (χ4v) is 1.54. The molecule has 90 valence electrons. The van der Waals surface area contributed by atoms with Gasteiger partial charge in [-0.25, -0.2) is 4.39 Å². The molecule has 0 aliphatic carbocycles. The number of halogens is 3. The minimum Gasteiger partial charge on any atom is -0.312 e. The lowest BCUT2D eigenvalue weighted by Crippen LogP contribution is -2.30. The highest BCUT2D eigenvalue weighted by molar-refractivity contribution is 6.31. The molecule has 1 aromatic carbocycles. The number of hydrogen-bond acceptors (Lipinski definition) is 1. The average Bonchev–Trinajstić information content (AvgIpc) is 2.23. The van der Waals surface area contributed by atoms with Gasteiger partial charge in [0.25, 0.3) is 0 Å². The topological polar surface area (TPSA) is 12.0 Å². The van der Waals surface area contributed by atoms with Gasteiger partial charge in [-0.05, 0) is 29.2 Å². The Hall–Kier alpha value is -0.310. The average molecular weight is 264 g/mol. The lowest BCUT2D eigenvalue weighted by Gasteiger charge is -2.21.